The molecule has 2 N–H and O–H groups in total. The van der Waals surface area contributed by atoms with E-state index in [1.165, 1.54) is 4.90 Å². The van der Waals surface area contributed by atoms with Crippen molar-refractivity contribution in [2.75, 3.05) is 29.1 Å². The number of halogens is 3. The minimum Gasteiger partial charge on any atom is -0.359 e. The van der Waals surface area contributed by atoms with E-state index < -0.39 is 11.7 Å². The summed E-state index contributed by atoms with van der Waals surface area (Å²) in [6, 6.07) is 5.20. The third-order valence-corrected chi connectivity index (χ3v) is 4.06. The first-order chi connectivity index (χ1) is 12.6. The molecule has 1 aromatic heterocycles. The average Bonchev–Trinajstić information content (AvgIpc) is 2.92. The largest absolute Gasteiger partial charge is 0.421 e. The highest BCUT2D eigenvalue weighted by Gasteiger charge is 2.36. The molecule has 0 spiro atoms. The molecule has 2 heterocycles. The van der Waals surface area contributed by atoms with Crippen LogP contribution in [0.1, 0.15) is 25.0 Å². The van der Waals surface area contributed by atoms with Crippen LogP contribution in [0.5, 0.6) is 0 Å². The molecule has 0 unspecified atom stereocenters. The number of anilines is 4. The summed E-state index contributed by atoms with van der Waals surface area (Å²) in [6.45, 7) is 4.26. The van der Waals surface area contributed by atoms with Gasteiger partial charge in [0.25, 0.3) is 0 Å². The molecule has 1 aromatic carbocycles. The highest BCUT2D eigenvalue weighted by atomic mass is 19.4. The minimum absolute atomic E-state index is 0.0610. The number of nitrogens with zero attached hydrogens (tertiary/aromatic N) is 3. The van der Waals surface area contributed by atoms with E-state index in [0.717, 1.165) is 17.4 Å². The lowest BCUT2D eigenvalue weighted by atomic mass is 10.1. The maximum absolute atomic E-state index is 13.3. The van der Waals surface area contributed by atoms with Crippen molar-refractivity contribution in [3.8, 4) is 0 Å². The van der Waals surface area contributed by atoms with Crippen LogP contribution in [-0.4, -0.2) is 29.5 Å². The van der Waals surface area contributed by atoms with E-state index in [0.29, 0.717) is 12.2 Å². The van der Waals surface area contributed by atoms with Crippen molar-refractivity contribution in [3.63, 3.8) is 0 Å². The van der Waals surface area contributed by atoms with Crippen LogP contribution in [0.2, 0.25) is 0 Å². The van der Waals surface area contributed by atoms with Crippen LogP contribution >= 0.6 is 0 Å². The van der Waals surface area contributed by atoms with Crippen molar-refractivity contribution in [1.82, 2.24) is 9.97 Å². The SMILES string of the molecule is CC(C)CN(C)c1nc(Nc2ccc3c(c2)CC(=O)N3)ncc1C(F)(F)F. The van der Waals surface area contributed by atoms with Gasteiger partial charge in [-0.15, -0.1) is 0 Å². The standard InChI is InChI=1S/C18H20F3N5O/c1-10(2)9-26(3)16-13(18(19,20)21)8-22-17(25-16)23-12-4-5-14-11(6-12)7-15(27)24-14/h4-6,8,10H,7,9H2,1-3H3,(H,24,27)(H,22,23,25). The second kappa shape index (κ2) is 7.05. The Labute approximate surface area is 154 Å². The number of benzene rings is 1. The molecule has 0 fully saturated rings. The molecular weight excluding hydrogens is 359 g/mol. The zero-order chi connectivity index (χ0) is 19.8. The molecule has 2 aromatic rings. The summed E-state index contributed by atoms with van der Waals surface area (Å²) in [7, 11) is 1.58. The van der Waals surface area contributed by atoms with Gasteiger partial charge in [-0.25, -0.2) is 4.98 Å². The number of amides is 1. The molecule has 9 heteroatoms. The fraction of sp³-hybridized carbons (Fsp3) is 0.389. The highest BCUT2D eigenvalue weighted by molar-refractivity contribution is 5.99. The number of fused-ring (bicyclic) bond motifs is 1. The maximum Gasteiger partial charge on any atom is 0.421 e. The molecule has 144 valence electrons. The molecule has 0 bridgehead atoms. The fourth-order valence-corrected chi connectivity index (χ4v) is 2.99. The number of hydrogen-bond acceptors (Lipinski definition) is 5. The van der Waals surface area contributed by atoms with Crippen LogP contribution in [0.4, 0.5) is 36.3 Å². The molecule has 1 amide bonds. The maximum atomic E-state index is 13.3. The first kappa shape index (κ1) is 18.9. The summed E-state index contributed by atoms with van der Waals surface area (Å²) >= 11 is 0. The van der Waals surface area contributed by atoms with E-state index in [-0.39, 0.29) is 30.0 Å². The minimum atomic E-state index is -4.54. The van der Waals surface area contributed by atoms with Gasteiger partial charge in [-0.05, 0) is 29.7 Å². The lowest BCUT2D eigenvalue weighted by molar-refractivity contribution is -0.137. The Bertz CT molecular complexity index is 867. The quantitative estimate of drug-likeness (QED) is 0.826. The smallest absolute Gasteiger partial charge is 0.359 e. The Morgan fingerprint density at radius 1 is 1.33 bits per heavy atom. The number of aromatic nitrogens is 2. The lowest BCUT2D eigenvalue weighted by Gasteiger charge is -2.24. The first-order valence-electron chi connectivity index (χ1n) is 8.48. The number of carbonyl (C=O) groups is 1. The normalized spacial score (nSPS) is 13.5. The van der Waals surface area contributed by atoms with E-state index in [1.807, 2.05) is 13.8 Å². The van der Waals surface area contributed by atoms with Gasteiger partial charge in [-0.1, -0.05) is 13.8 Å². The lowest BCUT2D eigenvalue weighted by Crippen LogP contribution is -2.27. The van der Waals surface area contributed by atoms with E-state index in [1.54, 1.807) is 25.2 Å². The third-order valence-electron chi connectivity index (χ3n) is 4.06. The van der Waals surface area contributed by atoms with Crippen molar-refractivity contribution < 1.29 is 18.0 Å². The summed E-state index contributed by atoms with van der Waals surface area (Å²) < 4.78 is 40.0. The monoisotopic (exact) mass is 379 g/mol. The molecule has 0 saturated carbocycles. The Balaban J connectivity index is 1.90. The van der Waals surface area contributed by atoms with Gasteiger partial charge < -0.3 is 15.5 Å². The van der Waals surface area contributed by atoms with Gasteiger partial charge in [0.2, 0.25) is 11.9 Å². The molecule has 3 rings (SSSR count). The predicted molar refractivity (Wildman–Crippen MR) is 97.2 cm³/mol. The Morgan fingerprint density at radius 2 is 2.07 bits per heavy atom. The number of nitrogens with one attached hydrogen (secondary N) is 2. The molecule has 1 aliphatic heterocycles. The topological polar surface area (TPSA) is 70.2 Å². The van der Waals surface area contributed by atoms with Gasteiger partial charge in [0.1, 0.15) is 11.4 Å². The number of alkyl halides is 3. The summed E-state index contributed by atoms with van der Waals surface area (Å²) in [5, 5.41) is 5.65. The van der Waals surface area contributed by atoms with Gasteiger partial charge in [-0.2, -0.15) is 18.2 Å². The Kier molecular flexibility index (Phi) is 4.95. The van der Waals surface area contributed by atoms with Crippen LogP contribution in [0.3, 0.4) is 0 Å². The fourth-order valence-electron chi connectivity index (χ4n) is 2.99. The van der Waals surface area contributed by atoms with Gasteiger partial charge in [0.15, 0.2) is 0 Å². The van der Waals surface area contributed by atoms with Gasteiger partial charge in [-0.3, -0.25) is 4.79 Å². The summed E-state index contributed by atoms with van der Waals surface area (Å²) in [6.07, 6.45) is -3.49. The molecular formula is C18H20F3N5O. The number of hydrogen-bond donors (Lipinski definition) is 2. The molecule has 0 radical (unpaired) electrons. The van der Waals surface area contributed by atoms with Crippen molar-refractivity contribution in [3.05, 3.63) is 35.5 Å². The van der Waals surface area contributed by atoms with Crippen LogP contribution in [0.15, 0.2) is 24.4 Å². The second-order valence-electron chi connectivity index (χ2n) is 6.92. The molecule has 6 nitrogen and oxygen atoms in total. The van der Waals surface area contributed by atoms with Crippen LogP contribution in [0, 0.1) is 5.92 Å². The van der Waals surface area contributed by atoms with Gasteiger partial charge >= 0.3 is 6.18 Å². The summed E-state index contributed by atoms with van der Waals surface area (Å²) in [4.78, 5) is 20.8. The van der Waals surface area contributed by atoms with Gasteiger partial charge in [0, 0.05) is 31.2 Å². The number of rotatable bonds is 5. The molecule has 1 aliphatic rings. The molecule has 27 heavy (non-hydrogen) atoms. The Hall–Kier alpha value is -2.84. The first-order valence-corrected chi connectivity index (χ1v) is 8.48. The van der Waals surface area contributed by atoms with Crippen LogP contribution in [-0.2, 0) is 17.4 Å². The molecule has 0 atom stereocenters. The van der Waals surface area contributed by atoms with Crippen LogP contribution in [0.25, 0.3) is 0 Å². The molecule has 0 saturated heterocycles. The zero-order valence-corrected chi connectivity index (χ0v) is 15.2. The van der Waals surface area contributed by atoms with E-state index >= 15 is 0 Å². The molecule has 0 aliphatic carbocycles. The third kappa shape index (κ3) is 4.29. The average molecular weight is 379 g/mol. The van der Waals surface area contributed by atoms with Crippen molar-refractivity contribution >= 4 is 29.0 Å². The highest BCUT2D eigenvalue weighted by Crippen LogP contribution is 2.36. The van der Waals surface area contributed by atoms with E-state index in [4.69, 9.17) is 0 Å². The van der Waals surface area contributed by atoms with E-state index in [2.05, 4.69) is 20.6 Å². The second-order valence-corrected chi connectivity index (χ2v) is 6.92. The Morgan fingerprint density at radius 3 is 2.74 bits per heavy atom. The number of carbonyl (C=O) groups excluding carboxylic acids is 1. The van der Waals surface area contributed by atoms with E-state index in [9.17, 15) is 18.0 Å². The predicted octanol–water partition coefficient (Wildman–Crippen LogP) is 3.83. The zero-order valence-electron chi connectivity index (χ0n) is 15.2. The van der Waals surface area contributed by atoms with Crippen molar-refractivity contribution in [2.24, 2.45) is 5.92 Å². The van der Waals surface area contributed by atoms with Gasteiger partial charge in [0.05, 0.1) is 6.42 Å². The summed E-state index contributed by atoms with van der Waals surface area (Å²) in [5.41, 5.74) is 1.27. The van der Waals surface area contributed by atoms with Crippen molar-refractivity contribution in [2.45, 2.75) is 26.4 Å². The summed E-state index contributed by atoms with van der Waals surface area (Å²) in [5.74, 6) is -0.0349. The van der Waals surface area contributed by atoms with Crippen LogP contribution < -0.4 is 15.5 Å². The van der Waals surface area contributed by atoms with Crippen molar-refractivity contribution in [1.29, 1.82) is 0 Å².